The quantitative estimate of drug-likeness (QED) is 0.178. The SMILES string of the molecule is C=C(C)Cc1cc(CN(CCCC(=C)C#N)Cc2ccccc2C)c(CCc2cccc(C)c2)cc1C. The van der Waals surface area contributed by atoms with E-state index in [1.165, 1.54) is 50.1 Å². The van der Waals surface area contributed by atoms with Gasteiger partial charge >= 0.3 is 0 Å². The van der Waals surface area contributed by atoms with E-state index in [1.54, 1.807) is 0 Å². The minimum atomic E-state index is 0.661. The van der Waals surface area contributed by atoms with E-state index in [4.69, 9.17) is 0 Å². The summed E-state index contributed by atoms with van der Waals surface area (Å²) in [6, 6.07) is 24.6. The van der Waals surface area contributed by atoms with Crippen LogP contribution in [-0.2, 0) is 32.4 Å². The van der Waals surface area contributed by atoms with Crippen molar-refractivity contribution in [3.8, 4) is 6.07 Å². The van der Waals surface area contributed by atoms with E-state index in [2.05, 4.69) is 112 Å². The van der Waals surface area contributed by atoms with Crippen molar-refractivity contribution in [3.63, 3.8) is 0 Å². The number of aryl methyl sites for hydroxylation is 5. The third-order valence-corrected chi connectivity index (χ3v) is 7.08. The van der Waals surface area contributed by atoms with Crippen molar-refractivity contribution >= 4 is 0 Å². The summed E-state index contributed by atoms with van der Waals surface area (Å²) < 4.78 is 0. The molecule has 37 heavy (non-hydrogen) atoms. The molecule has 3 aromatic rings. The molecule has 0 bridgehead atoms. The Morgan fingerprint density at radius 3 is 2.27 bits per heavy atom. The molecule has 0 aliphatic carbocycles. The third kappa shape index (κ3) is 8.88. The summed E-state index contributed by atoms with van der Waals surface area (Å²) in [4.78, 5) is 2.54. The van der Waals surface area contributed by atoms with Crippen LogP contribution in [0.2, 0.25) is 0 Å². The second kappa shape index (κ2) is 13.8. The smallest absolute Gasteiger partial charge is 0.0940 e. The van der Waals surface area contributed by atoms with Gasteiger partial charge in [0, 0.05) is 18.7 Å². The van der Waals surface area contributed by atoms with Crippen LogP contribution in [0.25, 0.3) is 0 Å². The lowest BCUT2D eigenvalue weighted by Crippen LogP contribution is -2.25. The molecule has 0 aromatic heterocycles. The van der Waals surface area contributed by atoms with E-state index in [1.807, 2.05) is 0 Å². The van der Waals surface area contributed by atoms with Gasteiger partial charge in [-0.1, -0.05) is 85.0 Å². The molecule has 2 heteroatoms. The van der Waals surface area contributed by atoms with E-state index < -0.39 is 0 Å². The Hall–Kier alpha value is -3.41. The van der Waals surface area contributed by atoms with Crippen molar-refractivity contribution in [2.24, 2.45) is 0 Å². The monoisotopic (exact) mass is 490 g/mol. The minimum Gasteiger partial charge on any atom is -0.295 e. The Bertz CT molecular complexity index is 1270. The zero-order valence-electron chi connectivity index (χ0n) is 23.2. The predicted octanol–water partition coefficient (Wildman–Crippen LogP) is 8.38. The summed E-state index contributed by atoms with van der Waals surface area (Å²) in [5, 5.41) is 9.17. The van der Waals surface area contributed by atoms with Crippen LogP contribution in [0, 0.1) is 32.1 Å². The largest absolute Gasteiger partial charge is 0.295 e. The number of rotatable bonds is 13. The van der Waals surface area contributed by atoms with Gasteiger partial charge in [0.2, 0.25) is 0 Å². The first kappa shape index (κ1) is 28.2. The van der Waals surface area contributed by atoms with Crippen LogP contribution in [0.4, 0.5) is 0 Å². The van der Waals surface area contributed by atoms with Crippen LogP contribution in [0.15, 0.2) is 85.0 Å². The highest BCUT2D eigenvalue weighted by Gasteiger charge is 2.14. The topological polar surface area (TPSA) is 27.0 Å². The molecule has 2 nitrogen and oxygen atoms in total. The highest BCUT2D eigenvalue weighted by molar-refractivity contribution is 5.40. The number of nitrogens with zero attached hydrogens (tertiary/aromatic N) is 2. The summed E-state index contributed by atoms with van der Waals surface area (Å²) in [6.45, 7) is 19.5. The van der Waals surface area contributed by atoms with Crippen LogP contribution in [0.5, 0.6) is 0 Å². The number of hydrogen-bond donors (Lipinski definition) is 0. The van der Waals surface area contributed by atoms with Gasteiger partial charge in [-0.15, -0.1) is 0 Å². The second-order valence-corrected chi connectivity index (χ2v) is 10.6. The Balaban J connectivity index is 1.90. The van der Waals surface area contributed by atoms with Crippen molar-refractivity contribution in [2.45, 2.75) is 72.9 Å². The van der Waals surface area contributed by atoms with Crippen molar-refractivity contribution in [1.29, 1.82) is 5.26 Å². The van der Waals surface area contributed by atoms with Crippen molar-refractivity contribution in [2.75, 3.05) is 6.54 Å². The maximum absolute atomic E-state index is 9.17. The molecule has 0 atom stereocenters. The highest BCUT2D eigenvalue weighted by atomic mass is 15.1. The fraction of sp³-hybridized carbons (Fsp3) is 0.343. The Kier molecular flexibility index (Phi) is 10.5. The molecule has 0 spiro atoms. The fourth-order valence-corrected chi connectivity index (χ4v) is 4.96. The second-order valence-electron chi connectivity index (χ2n) is 10.6. The first-order chi connectivity index (χ1) is 17.7. The summed E-state index contributed by atoms with van der Waals surface area (Å²) in [5.41, 5.74) is 12.8. The van der Waals surface area contributed by atoms with Gasteiger partial charge in [-0.3, -0.25) is 4.90 Å². The lowest BCUT2D eigenvalue weighted by Gasteiger charge is -2.26. The van der Waals surface area contributed by atoms with E-state index in [0.29, 0.717) is 5.57 Å². The van der Waals surface area contributed by atoms with Gasteiger partial charge in [0.05, 0.1) is 6.07 Å². The number of hydrogen-bond acceptors (Lipinski definition) is 2. The minimum absolute atomic E-state index is 0.661. The molecular formula is C35H42N2. The standard InChI is InChI=1S/C35H42N2/c1-26(2)19-34-22-35(32(21-30(34)6)17-16-31-14-9-11-27(3)20-31)25-37(18-10-12-28(4)23-36)24-33-15-8-7-13-29(33)5/h7-9,11,13-15,20-22H,1,4,10,12,16-19,24-25H2,2-3,5-6H3. The average Bonchev–Trinajstić information content (AvgIpc) is 2.85. The summed E-state index contributed by atoms with van der Waals surface area (Å²) >= 11 is 0. The zero-order valence-corrected chi connectivity index (χ0v) is 23.2. The summed E-state index contributed by atoms with van der Waals surface area (Å²) in [5.74, 6) is 0. The van der Waals surface area contributed by atoms with Crippen molar-refractivity contribution in [3.05, 3.63) is 129 Å². The van der Waals surface area contributed by atoms with Gasteiger partial charge < -0.3 is 0 Å². The van der Waals surface area contributed by atoms with Crippen LogP contribution in [-0.4, -0.2) is 11.4 Å². The normalized spacial score (nSPS) is 10.9. The van der Waals surface area contributed by atoms with E-state index in [9.17, 15) is 5.26 Å². The van der Waals surface area contributed by atoms with Crippen LogP contribution >= 0.6 is 0 Å². The van der Waals surface area contributed by atoms with Crippen LogP contribution in [0.1, 0.15) is 64.3 Å². The van der Waals surface area contributed by atoms with Gasteiger partial charge in [0.25, 0.3) is 0 Å². The summed E-state index contributed by atoms with van der Waals surface area (Å²) in [7, 11) is 0. The van der Waals surface area contributed by atoms with Gasteiger partial charge in [-0.05, 0) is 105 Å². The number of nitriles is 1. The van der Waals surface area contributed by atoms with Gasteiger partial charge in [0.15, 0.2) is 0 Å². The lowest BCUT2D eigenvalue weighted by atomic mass is 9.92. The molecule has 0 N–H and O–H groups in total. The van der Waals surface area contributed by atoms with Crippen molar-refractivity contribution in [1.82, 2.24) is 4.90 Å². The maximum atomic E-state index is 9.17. The van der Waals surface area contributed by atoms with Gasteiger partial charge in [0.1, 0.15) is 0 Å². The maximum Gasteiger partial charge on any atom is 0.0940 e. The van der Waals surface area contributed by atoms with Crippen LogP contribution < -0.4 is 0 Å². The fourth-order valence-electron chi connectivity index (χ4n) is 4.96. The zero-order chi connectivity index (χ0) is 26.8. The van der Waals surface area contributed by atoms with E-state index >= 15 is 0 Å². The van der Waals surface area contributed by atoms with Crippen molar-refractivity contribution < 1.29 is 0 Å². The average molecular weight is 491 g/mol. The third-order valence-electron chi connectivity index (χ3n) is 7.08. The Labute approximate surface area is 225 Å². The first-order valence-electron chi connectivity index (χ1n) is 13.4. The molecule has 0 radical (unpaired) electrons. The Morgan fingerprint density at radius 1 is 0.811 bits per heavy atom. The molecule has 192 valence electrons. The highest BCUT2D eigenvalue weighted by Crippen LogP contribution is 2.24. The predicted molar refractivity (Wildman–Crippen MR) is 158 cm³/mol. The molecule has 0 amide bonds. The lowest BCUT2D eigenvalue weighted by molar-refractivity contribution is 0.252. The van der Waals surface area contributed by atoms with Gasteiger partial charge in [-0.2, -0.15) is 5.26 Å². The molecule has 0 fully saturated rings. The van der Waals surface area contributed by atoms with E-state index in [0.717, 1.165) is 51.7 Å². The number of allylic oxidation sites excluding steroid dienone is 2. The molecule has 3 rings (SSSR count). The Morgan fingerprint density at radius 2 is 1.57 bits per heavy atom. The molecular weight excluding hydrogens is 448 g/mol. The first-order valence-corrected chi connectivity index (χ1v) is 13.4. The molecule has 0 heterocycles. The molecule has 0 saturated carbocycles. The summed E-state index contributed by atoms with van der Waals surface area (Å²) in [6.07, 6.45) is 4.65. The molecule has 0 aliphatic rings. The molecule has 3 aromatic carbocycles. The van der Waals surface area contributed by atoms with Crippen LogP contribution in [0.3, 0.4) is 0 Å². The van der Waals surface area contributed by atoms with Gasteiger partial charge in [-0.25, -0.2) is 0 Å². The number of benzene rings is 3. The molecule has 0 saturated heterocycles. The molecule has 0 aliphatic heterocycles. The van der Waals surface area contributed by atoms with E-state index in [-0.39, 0.29) is 0 Å². The molecule has 0 unspecified atom stereocenters.